The molecular formula is C24H25Cl2NO3. The maximum absolute atomic E-state index is 11.1. The van der Waals surface area contributed by atoms with Crippen molar-refractivity contribution in [2.24, 2.45) is 5.92 Å². The molecule has 2 aromatic carbocycles. The SMILES string of the molecule is CC(CN1CCC2(CC1)COc1cc(C=Cc3c(Cl)cccc3Cl)ccc12)C(=O)O. The van der Waals surface area contributed by atoms with Crippen molar-refractivity contribution in [3.05, 3.63) is 63.1 Å². The number of aliphatic carboxylic acids is 1. The molecule has 2 heterocycles. The highest BCUT2D eigenvalue weighted by molar-refractivity contribution is 6.37. The number of piperidine rings is 1. The van der Waals surface area contributed by atoms with Crippen LogP contribution in [0.15, 0.2) is 36.4 Å². The number of ether oxygens (including phenoxy) is 1. The number of hydrogen-bond donors (Lipinski definition) is 1. The normalized spacial score (nSPS) is 19.0. The molecule has 2 aliphatic rings. The van der Waals surface area contributed by atoms with Gasteiger partial charge >= 0.3 is 5.97 Å². The minimum atomic E-state index is -0.733. The van der Waals surface area contributed by atoms with Crippen LogP contribution in [0.25, 0.3) is 12.2 Å². The maximum atomic E-state index is 11.1. The van der Waals surface area contributed by atoms with Crippen molar-refractivity contribution in [1.29, 1.82) is 0 Å². The molecule has 0 aliphatic carbocycles. The molecule has 0 saturated carbocycles. The molecule has 2 aromatic rings. The van der Waals surface area contributed by atoms with Crippen LogP contribution in [0, 0.1) is 5.92 Å². The topological polar surface area (TPSA) is 49.8 Å². The third-order valence-corrected chi connectivity index (χ3v) is 6.95. The zero-order valence-electron chi connectivity index (χ0n) is 16.9. The molecule has 0 bridgehead atoms. The Bertz CT molecular complexity index is 960. The summed E-state index contributed by atoms with van der Waals surface area (Å²) in [6.07, 6.45) is 5.89. The molecule has 0 aromatic heterocycles. The molecule has 1 spiro atoms. The summed E-state index contributed by atoms with van der Waals surface area (Å²) in [5.74, 6) is -0.134. The highest BCUT2D eigenvalue weighted by Crippen LogP contribution is 2.46. The Kier molecular flexibility index (Phi) is 6.10. The number of carboxylic acid groups (broad SMARTS) is 1. The average Bonchev–Trinajstić information content (AvgIpc) is 3.07. The average molecular weight is 446 g/mol. The quantitative estimate of drug-likeness (QED) is 0.607. The van der Waals surface area contributed by atoms with Crippen LogP contribution in [0.5, 0.6) is 5.75 Å². The zero-order chi connectivity index (χ0) is 21.3. The molecule has 1 saturated heterocycles. The fourth-order valence-corrected chi connectivity index (χ4v) is 4.91. The molecule has 0 amide bonds. The van der Waals surface area contributed by atoms with Crippen LogP contribution in [0.4, 0.5) is 0 Å². The van der Waals surface area contributed by atoms with Gasteiger partial charge in [0.2, 0.25) is 0 Å². The second-order valence-corrected chi connectivity index (χ2v) is 9.15. The van der Waals surface area contributed by atoms with Gasteiger partial charge in [0.25, 0.3) is 0 Å². The number of likely N-dealkylation sites (tertiary alicyclic amines) is 1. The third kappa shape index (κ3) is 4.22. The minimum absolute atomic E-state index is 0.0343. The summed E-state index contributed by atoms with van der Waals surface area (Å²) < 4.78 is 6.09. The highest BCUT2D eigenvalue weighted by Gasteiger charge is 2.43. The first-order valence-corrected chi connectivity index (χ1v) is 11.0. The first-order valence-electron chi connectivity index (χ1n) is 10.2. The molecule has 2 aliphatic heterocycles. The van der Waals surface area contributed by atoms with Crippen molar-refractivity contribution in [2.45, 2.75) is 25.2 Å². The van der Waals surface area contributed by atoms with Crippen LogP contribution in [0.2, 0.25) is 10.0 Å². The predicted octanol–water partition coefficient (Wildman–Crippen LogP) is 5.61. The summed E-state index contributed by atoms with van der Waals surface area (Å²) in [6, 6.07) is 11.8. The van der Waals surface area contributed by atoms with E-state index in [4.69, 9.17) is 33.0 Å². The first kappa shape index (κ1) is 21.2. The second kappa shape index (κ2) is 8.62. The van der Waals surface area contributed by atoms with Crippen molar-refractivity contribution in [3.63, 3.8) is 0 Å². The van der Waals surface area contributed by atoms with E-state index in [2.05, 4.69) is 23.1 Å². The Morgan fingerprint density at radius 1 is 1.20 bits per heavy atom. The lowest BCUT2D eigenvalue weighted by Gasteiger charge is -2.39. The van der Waals surface area contributed by atoms with Crippen molar-refractivity contribution in [3.8, 4) is 5.75 Å². The molecule has 1 atom stereocenters. The molecule has 1 N–H and O–H groups in total. The predicted molar refractivity (Wildman–Crippen MR) is 121 cm³/mol. The second-order valence-electron chi connectivity index (χ2n) is 8.33. The summed E-state index contributed by atoms with van der Waals surface area (Å²) >= 11 is 12.5. The van der Waals surface area contributed by atoms with Gasteiger partial charge in [0.1, 0.15) is 5.75 Å². The molecule has 1 fully saturated rings. The van der Waals surface area contributed by atoms with E-state index in [1.165, 1.54) is 5.56 Å². The number of hydrogen-bond acceptors (Lipinski definition) is 3. The summed E-state index contributed by atoms with van der Waals surface area (Å²) in [5.41, 5.74) is 3.14. The van der Waals surface area contributed by atoms with Gasteiger partial charge in [-0.15, -0.1) is 0 Å². The fraction of sp³-hybridized carbons (Fsp3) is 0.375. The van der Waals surface area contributed by atoms with E-state index in [0.717, 1.165) is 42.8 Å². The summed E-state index contributed by atoms with van der Waals surface area (Å²) in [7, 11) is 0. The summed E-state index contributed by atoms with van der Waals surface area (Å²) in [5, 5.41) is 10.4. The van der Waals surface area contributed by atoms with Crippen LogP contribution in [-0.2, 0) is 10.2 Å². The lowest BCUT2D eigenvalue weighted by Crippen LogP contribution is -2.45. The van der Waals surface area contributed by atoms with Gasteiger partial charge in [-0.25, -0.2) is 0 Å². The first-order chi connectivity index (χ1) is 14.4. The third-order valence-electron chi connectivity index (χ3n) is 6.29. The minimum Gasteiger partial charge on any atom is -0.492 e. The zero-order valence-corrected chi connectivity index (χ0v) is 18.4. The molecule has 4 nitrogen and oxygen atoms in total. The number of nitrogens with zero attached hydrogens (tertiary/aromatic N) is 1. The molecule has 0 radical (unpaired) electrons. The van der Waals surface area contributed by atoms with Crippen LogP contribution >= 0.6 is 23.2 Å². The Labute approximate surface area is 187 Å². The van der Waals surface area contributed by atoms with Crippen LogP contribution in [0.3, 0.4) is 0 Å². The van der Waals surface area contributed by atoms with E-state index >= 15 is 0 Å². The van der Waals surface area contributed by atoms with E-state index in [1.807, 2.05) is 30.4 Å². The molecular weight excluding hydrogens is 421 g/mol. The van der Waals surface area contributed by atoms with E-state index in [1.54, 1.807) is 6.92 Å². The molecule has 30 heavy (non-hydrogen) atoms. The maximum Gasteiger partial charge on any atom is 0.307 e. The molecule has 1 unspecified atom stereocenters. The Morgan fingerprint density at radius 3 is 2.57 bits per heavy atom. The number of halogens is 2. The number of carbonyl (C=O) groups is 1. The Balaban J connectivity index is 1.47. The number of rotatable bonds is 5. The van der Waals surface area contributed by atoms with Crippen LogP contribution in [-0.4, -0.2) is 42.2 Å². The molecule has 6 heteroatoms. The Morgan fingerprint density at radius 2 is 1.90 bits per heavy atom. The van der Waals surface area contributed by atoms with Crippen LogP contribution < -0.4 is 4.74 Å². The van der Waals surface area contributed by atoms with E-state index < -0.39 is 5.97 Å². The van der Waals surface area contributed by atoms with Crippen LogP contribution in [0.1, 0.15) is 36.5 Å². The number of carboxylic acids is 1. The monoisotopic (exact) mass is 445 g/mol. The van der Waals surface area contributed by atoms with Gasteiger partial charge in [0.15, 0.2) is 0 Å². The lowest BCUT2D eigenvalue weighted by molar-refractivity contribution is -0.141. The van der Waals surface area contributed by atoms with Gasteiger partial charge in [0, 0.05) is 33.1 Å². The fourth-order valence-electron chi connectivity index (χ4n) is 4.39. The van der Waals surface area contributed by atoms with Gasteiger partial charge in [-0.3, -0.25) is 4.79 Å². The largest absolute Gasteiger partial charge is 0.492 e. The van der Waals surface area contributed by atoms with Gasteiger partial charge in [0.05, 0.1) is 12.5 Å². The lowest BCUT2D eigenvalue weighted by atomic mass is 9.74. The summed E-state index contributed by atoms with van der Waals surface area (Å²) in [4.78, 5) is 13.4. The van der Waals surface area contributed by atoms with E-state index in [0.29, 0.717) is 23.2 Å². The summed E-state index contributed by atoms with van der Waals surface area (Å²) in [6.45, 7) is 4.85. The standard InChI is InChI=1S/C24H25Cl2NO3/c1-16(23(28)29)14-27-11-9-24(10-12-27)15-30-22-13-17(6-8-19(22)24)5-7-18-20(25)3-2-4-21(18)26/h2-8,13,16H,9-12,14-15H2,1H3,(H,28,29). The smallest absolute Gasteiger partial charge is 0.307 e. The van der Waals surface area contributed by atoms with Crippen molar-refractivity contribution in [2.75, 3.05) is 26.2 Å². The molecule has 158 valence electrons. The van der Waals surface area contributed by atoms with E-state index in [9.17, 15) is 4.79 Å². The van der Waals surface area contributed by atoms with E-state index in [-0.39, 0.29) is 11.3 Å². The van der Waals surface area contributed by atoms with Crippen molar-refractivity contribution < 1.29 is 14.6 Å². The van der Waals surface area contributed by atoms with Gasteiger partial charge < -0.3 is 14.7 Å². The Hall–Kier alpha value is -2.01. The van der Waals surface area contributed by atoms with Gasteiger partial charge in [-0.2, -0.15) is 0 Å². The van der Waals surface area contributed by atoms with Crippen molar-refractivity contribution >= 4 is 41.3 Å². The van der Waals surface area contributed by atoms with Crippen molar-refractivity contribution in [1.82, 2.24) is 4.90 Å². The van der Waals surface area contributed by atoms with Gasteiger partial charge in [-0.1, -0.05) is 60.5 Å². The molecule has 4 rings (SSSR count). The number of benzene rings is 2. The highest BCUT2D eigenvalue weighted by atomic mass is 35.5. The van der Waals surface area contributed by atoms with Gasteiger partial charge in [-0.05, 0) is 49.7 Å². The number of fused-ring (bicyclic) bond motifs is 2.